The highest BCUT2D eigenvalue weighted by molar-refractivity contribution is 7.89. The van der Waals surface area contributed by atoms with Crippen molar-refractivity contribution in [2.24, 2.45) is 0 Å². The van der Waals surface area contributed by atoms with Gasteiger partial charge < -0.3 is 10.1 Å². The standard InChI is InChI=1S/C21H26N2O4S/c1-17(27-19-11-5-4-6-12-19)21(24)22-18-10-9-13-20(16-18)28(25,26)23-14-7-2-3-8-15-23/h4-6,9-13,16-17H,2-3,7-8,14-15H2,1H3,(H,22,24). The van der Waals surface area contributed by atoms with Crippen LogP contribution in [0.3, 0.4) is 0 Å². The SMILES string of the molecule is CC(Oc1ccccc1)C(=O)Nc1cccc(S(=O)(=O)N2CCCCCC2)c1. The fourth-order valence-corrected chi connectivity index (χ4v) is 4.73. The van der Waals surface area contributed by atoms with Gasteiger partial charge in [-0.05, 0) is 50.1 Å². The Balaban J connectivity index is 1.69. The first-order valence-electron chi connectivity index (χ1n) is 9.59. The fourth-order valence-electron chi connectivity index (χ4n) is 3.17. The Morgan fingerprint density at radius 3 is 2.36 bits per heavy atom. The molecule has 0 aromatic heterocycles. The number of hydrogen-bond donors (Lipinski definition) is 1. The van der Waals surface area contributed by atoms with E-state index in [2.05, 4.69) is 5.32 Å². The normalized spacial score (nSPS) is 16.8. The van der Waals surface area contributed by atoms with Crippen LogP contribution >= 0.6 is 0 Å². The van der Waals surface area contributed by atoms with Crippen molar-refractivity contribution in [2.45, 2.75) is 43.6 Å². The first kappa shape index (κ1) is 20.4. The number of rotatable bonds is 6. The molecule has 2 aromatic carbocycles. The highest BCUT2D eigenvalue weighted by atomic mass is 32.2. The summed E-state index contributed by atoms with van der Waals surface area (Å²) < 4.78 is 33.0. The molecule has 0 spiro atoms. The number of carbonyl (C=O) groups excluding carboxylic acids is 1. The highest BCUT2D eigenvalue weighted by Crippen LogP contribution is 2.23. The van der Waals surface area contributed by atoms with Gasteiger partial charge in [0.05, 0.1) is 4.90 Å². The molecule has 1 N–H and O–H groups in total. The van der Waals surface area contributed by atoms with Gasteiger partial charge in [0.1, 0.15) is 5.75 Å². The monoisotopic (exact) mass is 402 g/mol. The Kier molecular flexibility index (Phi) is 6.70. The third-order valence-corrected chi connectivity index (χ3v) is 6.62. The number of nitrogens with one attached hydrogen (secondary N) is 1. The minimum absolute atomic E-state index is 0.198. The molecule has 0 radical (unpaired) electrons. The molecule has 1 aliphatic heterocycles. The fraction of sp³-hybridized carbons (Fsp3) is 0.381. The molecule has 3 rings (SSSR count). The molecular formula is C21H26N2O4S. The van der Waals surface area contributed by atoms with Crippen LogP contribution in [0, 0.1) is 0 Å². The molecule has 1 heterocycles. The van der Waals surface area contributed by atoms with Crippen LogP contribution in [0.4, 0.5) is 5.69 Å². The second-order valence-electron chi connectivity index (χ2n) is 6.91. The maximum Gasteiger partial charge on any atom is 0.265 e. The summed E-state index contributed by atoms with van der Waals surface area (Å²) in [5, 5.41) is 2.74. The van der Waals surface area contributed by atoms with E-state index >= 15 is 0 Å². The average molecular weight is 403 g/mol. The van der Waals surface area contributed by atoms with Gasteiger partial charge in [0.15, 0.2) is 6.10 Å². The number of hydrogen-bond acceptors (Lipinski definition) is 4. The number of carbonyl (C=O) groups is 1. The molecule has 150 valence electrons. The average Bonchev–Trinajstić information content (AvgIpc) is 2.99. The number of nitrogens with zero attached hydrogens (tertiary/aromatic N) is 1. The van der Waals surface area contributed by atoms with Gasteiger partial charge in [0.25, 0.3) is 5.91 Å². The van der Waals surface area contributed by atoms with Crippen LogP contribution in [0.1, 0.15) is 32.6 Å². The molecule has 1 saturated heterocycles. The van der Waals surface area contributed by atoms with Crippen LogP contribution in [0.25, 0.3) is 0 Å². The van der Waals surface area contributed by atoms with E-state index in [1.165, 1.54) is 6.07 Å². The molecule has 1 atom stereocenters. The summed E-state index contributed by atoms with van der Waals surface area (Å²) in [5.41, 5.74) is 0.435. The molecule has 6 nitrogen and oxygen atoms in total. The molecule has 7 heteroatoms. The Hall–Kier alpha value is -2.38. The molecule has 1 unspecified atom stereocenters. The summed E-state index contributed by atoms with van der Waals surface area (Å²) in [4.78, 5) is 12.6. The molecule has 2 aromatic rings. The second kappa shape index (κ2) is 9.21. The van der Waals surface area contributed by atoms with Gasteiger partial charge in [-0.3, -0.25) is 4.79 Å². The van der Waals surface area contributed by atoms with Gasteiger partial charge in [-0.25, -0.2) is 8.42 Å². The first-order valence-corrected chi connectivity index (χ1v) is 11.0. The number of para-hydroxylation sites is 1. The molecule has 0 saturated carbocycles. The van der Waals surface area contributed by atoms with Gasteiger partial charge in [0.2, 0.25) is 10.0 Å². The molecule has 1 amide bonds. The van der Waals surface area contributed by atoms with Gasteiger partial charge in [-0.1, -0.05) is 37.1 Å². The molecule has 1 fully saturated rings. The number of benzene rings is 2. The number of amides is 1. The summed E-state index contributed by atoms with van der Waals surface area (Å²) in [7, 11) is -3.56. The summed E-state index contributed by atoms with van der Waals surface area (Å²) in [6, 6.07) is 15.5. The lowest BCUT2D eigenvalue weighted by Gasteiger charge is -2.20. The zero-order valence-corrected chi connectivity index (χ0v) is 16.8. The maximum atomic E-state index is 12.9. The quantitative estimate of drug-likeness (QED) is 0.800. The Morgan fingerprint density at radius 1 is 1.00 bits per heavy atom. The zero-order chi connectivity index (χ0) is 20.0. The van der Waals surface area contributed by atoms with Crippen molar-refractivity contribution in [2.75, 3.05) is 18.4 Å². The molecule has 28 heavy (non-hydrogen) atoms. The van der Waals surface area contributed by atoms with Crippen LogP contribution < -0.4 is 10.1 Å². The van der Waals surface area contributed by atoms with E-state index in [4.69, 9.17) is 4.74 Å². The van der Waals surface area contributed by atoms with Crippen molar-refractivity contribution in [3.05, 3.63) is 54.6 Å². The molecule has 0 aliphatic carbocycles. The Labute approximate surface area is 166 Å². The van der Waals surface area contributed by atoms with Gasteiger partial charge in [-0.2, -0.15) is 4.31 Å². The van der Waals surface area contributed by atoms with Crippen molar-refractivity contribution in [1.29, 1.82) is 0 Å². The van der Waals surface area contributed by atoms with E-state index in [0.717, 1.165) is 25.7 Å². The van der Waals surface area contributed by atoms with Crippen molar-refractivity contribution < 1.29 is 17.9 Å². The van der Waals surface area contributed by atoms with Crippen LogP contribution in [0.2, 0.25) is 0 Å². The first-order chi connectivity index (χ1) is 13.5. The van der Waals surface area contributed by atoms with Crippen molar-refractivity contribution in [3.8, 4) is 5.75 Å². The minimum atomic E-state index is -3.56. The van der Waals surface area contributed by atoms with E-state index < -0.39 is 16.1 Å². The number of sulfonamides is 1. The largest absolute Gasteiger partial charge is 0.481 e. The topological polar surface area (TPSA) is 75.7 Å². The number of anilines is 1. The predicted molar refractivity (Wildman–Crippen MR) is 109 cm³/mol. The van der Waals surface area contributed by atoms with E-state index in [1.54, 1.807) is 41.6 Å². The van der Waals surface area contributed by atoms with E-state index in [-0.39, 0.29) is 10.8 Å². The van der Waals surface area contributed by atoms with Gasteiger partial charge >= 0.3 is 0 Å². The maximum absolute atomic E-state index is 12.9. The van der Waals surface area contributed by atoms with Crippen molar-refractivity contribution in [3.63, 3.8) is 0 Å². The lowest BCUT2D eigenvalue weighted by atomic mass is 10.2. The van der Waals surface area contributed by atoms with E-state index in [0.29, 0.717) is 24.5 Å². The molecule has 1 aliphatic rings. The summed E-state index contributed by atoms with van der Waals surface area (Å²) in [5.74, 6) is 0.260. The van der Waals surface area contributed by atoms with Crippen LogP contribution in [-0.4, -0.2) is 37.8 Å². The summed E-state index contributed by atoms with van der Waals surface area (Å²) >= 11 is 0. The molecular weight excluding hydrogens is 376 g/mol. The summed E-state index contributed by atoms with van der Waals surface area (Å²) in [6.07, 6.45) is 3.16. The summed E-state index contributed by atoms with van der Waals surface area (Å²) in [6.45, 7) is 2.74. The predicted octanol–water partition coefficient (Wildman–Crippen LogP) is 3.66. The van der Waals surface area contributed by atoms with Crippen LogP contribution in [-0.2, 0) is 14.8 Å². The third-order valence-electron chi connectivity index (χ3n) is 4.73. The second-order valence-corrected chi connectivity index (χ2v) is 8.85. The molecule has 0 bridgehead atoms. The Bertz CT molecular complexity index is 892. The van der Waals surface area contributed by atoms with Crippen molar-refractivity contribution in [1.82, 2.24) is 4.31 Å². The van der Waals surface area contributed by atoms with Gasteiger partial charge in [0, 0.05) is 18.8 Å². The van der Waals surface area contributed by atoms with E-state index in [9.17, 15) is 13.2 Å². The smallest absolute Gasteiger partial charge is 0.265 e. The lowest BCUT2D eigenvalue weighted by molar-refractivity contribution is -0.122. The van der Waals surface area contributed by atoms with Crippen LogP contribution in [0.5, 0.6) is 5.75 Å². The lowest BCUT2D eigenvalue weighted by Crippen LogP contribution is -2.32. The Morgan fingerprint density at radius 2 is 1.68 bits per heavy atom. The third kappa shape index (κ3) is 5.11. The van der Waals surface area contributed by atoms with E-state index in [1.807, 2.05) is 18.2 Å². The van der Waals surface area contributed by atoms with Crippen LogP contribution in [0.15, 0.2) is 59.5 Å². The zero-order valence-electron chi connectivity index (χ0n) is 16.0. The van der Waals surface area contributed by atoms with Gasteiger partial charge in [-0.15, -0.1) is 0 Å². The number of ether oxygens (including phenoxy) is 1. The highest BCUT2D eigenvalue weighted by Gasteiger charge is 2.25. The minimum Gasteiger partial charge on any atom is -0.481 e. The van der Waals surface area contributed by atoms with Crippen molar-refractivity contribution >= 4 is 21.6 Å².